The van der Waals surface area contributed by atoms with Crippen LogP contribution in [-0.2, 0) is 37.4 Å². The van der Waals surface area contributed by atoms with Gasteiger partial charge in [0.2, 0.25) is 0 Å². The van der Waals surface area contributed by atoms with Gasteiger partial charge in [0.25, 0.3) is 0 Å². The predicted octanol–water partition coefficient (Wildman–Crippen LogP) is 11.6. The molecule has 58 heavy (non-hydrogen) atoms. The number of esters is 2. The molecule has 328 valence electrons. The predicted molar refractivity (Wildman–Crippen MR) is 237 cm³/mol. The number of carbonyl (C=O) groups is 2. The van der Waals surface area contributed by atoms with Gasteiger partial charge in [-0.05, 0) is 96.3 Å². The second-order valence-electron chi connectivity index (χ2n) is 14.2. The van der Waals surface area contributed by atoms with Crippen LogP contribution in [0.5, 0.6) is 0 Å². The van der Waals surface area contributed by atoms with Gasteiger partial charge in [-0.15, -0.1) is 0 Å². The molecule has 0 spiro atoms. The van der Waals surface area contributed by atoms with Gasteiger partial charge in [-0.25, -0.2) is 4.57 Å². The highest BCUT2D eigenvalue weighted by molar-refractivity contribution is 7.47. The van der Waals surface area contributed by atoms with E-state index in [1.54, 1.807) is 0 Å². The molecule has 0 aromatic heterocycles. The Kier molecular flexibility index (Phi) is 34.8. The van der Waals surface area contributed by atoms with E-state index in [0.29, 0.717) is 12.8 Å². The summed E-state index contributed by atoms with van der Waals surface area (Å²) in [4.78, 5) is 35.0. The van der Waals surface area contributed by atoms with Crippen LogP contribution in [0.3, 0.4) is 0 Å². The molecule has 1 aliphatic heterocycles. The van der Waals surface area contributed by atoms with Gasteiger partial charge in [0.15, 0.2) is 6.10 Å². The van der Waals surface area contributed by atoms with Crippen LogP contribution in [0, 0.1) is 0 Å². The summed E-state index contributed by atoms with van der Waals surface area (Å²) in [5.74, 6) is -0.954. The summed E-state index contributed by atoms with van der Waals surface area (Å²) in [6, 6.07) is 0. The molecule has 11 heteroatoms. The van der Waals surface area contributed by atoms with Crippen molar-refractivity contribution in [1.29, 1.82) is 0 Å². The number of epoxide rings is 1. The molecular formula is C47H76NO9P. The molecule has 1 rings (SSSR count). The van der Waals surface area contributed by atoms with Crippen LogP contribution in [0.2, 0.25) is 0 Å². The van der Waals surface area contributed by atoms with E-state index >= 15 is 0 Å². The Hall–Kier alpha value is -3.11. The van der Waals surface area contributed by atoms with Gasteiger partial charge in [0, 0.05) is 19.4 Å². The highest BCUT2D eigenvalue weighted by Gasteiger charge is 2.36. The first kappa shape index (κ1) is 52.9. The molecular weight excluding hydrogens is 753 g/mol. The number of unbranched alkanes of at least 4 members (excludes halogenated alkanes) is 6. The van der Waals surface area contributed by atoms with E-state index in [4.69, 9.17) is 29.0 Å². The average molecular weight is 830 g/mol. The minimum Gasteiger partial charge on any atom is -0.462 e. The van der Waals surface area contributed by atoms with Crippen LogP contribution < -0.4 is 5.73 Å². The van der Waals surface area contributed by atoms with Gasteiger partial charge in [-0.2, -0.15) is 0 Å². The van der Waals surface area contributed by atoms with Crippen molar-refractivity contribution >= 4 is 19.8 Å². The molecule has 3 unspecified atom stereocenters. The maximum atomic E-state index is 12.6. The van der Waals surface area contributed by atoms with E-state index in [1.165, 1.54) is 19.3 Å². The SMILES string of the molecule is CC/C=C\C/C=C\C/C=C\C/C=C\C/C=C\CCCCCC(=O)O[C@H](COC(=O)CCCC1OC1C/C=C\C/C=C\C/C=C\CCCCC)COP(=O)(O)OCCN. The van der Waals surface area contributed by atoms with Crippen molar-refractivity contribution in [2.24, 2.45) is 5.73 Å². The summed E-state index contributed by atoms with van der Waals surface area (Å²) in [5, 5.41) is 0. The van der Waals surface area contributed by atoms with E-state index in [0.717, 1.165) is 83.5 Å². The first-order valence-corrected chi connectivity index (χ1v) is 23.3. The van der Waals surface area contributed by atoms with Crippen molar-refractivity contribution < 1.29 is 42.3 Å². The minimum absolute atomic E-state index is 0.0313. The van der Waals surface area contributed by atoms with E-state index in [2.05, 4.69) is 111 Å². The number of carbonyl (C=O) groups excluding carboxylic acids is 2. The summed E-state index contributed by atoms with van der Waals surface area (Å²) in [6.45, 7) is 3.44. The third-order valence-electron chi connectivity index (χ3n) is 8.88. The molecule has 1 heterocycles. The monoisotopic (exact) mass is 830 g/mol. The molecule has 1 aliphatic rings. The van der Waals surface area contributed by atoms with Crippen LogP contribution >= 0.6 is 7.82 Å². The molecule has 0 aliphatic carbocycles. The minimum atomic E-state index is -4.42. The zero-order valence-corrected chi connectivity index (χ0v) is 36.6. The number of ether oxygens (including phenoxy) is 3. The second-order valence-corrected chi connectivity index (χ2v) is 15.7. The summed E-state index contributed by atoms with van der Waals surface area (Å²) in [7, 11) is -4.42. The van der Waals surface area contributed by atoms with Gasteiger partial charge in [0.05, 0.1) is 25.4 Å². The van der Waals surface area contributed by atoms with Crippen molar-refractivity contribution in [3.8, 4) is 0 Å². The standard InChI is InChI=1S/C47H76NO9P/c1-3-5-7-9-11-13-15-17-18-19-20-21-22-23-25-27-29-31-33-37-47(50)56-43(42-55-58(51,52)54-40-39-48)41-53-46(49)38-34-36-45-44(57-45)35-32-30-28-26-24-16-14-12-10-8-6-4-2/h5,7,11-14,17-18,20-21,23-26,30,32,43-45H,3-4,6,8-10,15-16,19,22,27-29,31,33-42,48H2,1-2H3,(H,51,52)/b7-5-,13-11-,14-12-,18-17-,21-20-,25-23-,26-24-,32-30-/t43-,44?,45?/m1/s1. The number of hydrogen-bond acceptors (Lipinski definition) is 9. The lowest BCUT2D eigenvalue weighted by molar-refractivity contribution is -0.161. The topological polar surface area (TPSA) is 147 Å². The van der Waals surface area contributed by atoms with Crippen LogP contribution in [0.4, 0.5) is 0 Å². The smallest absolute Gasteiger partial charge is 0.462 e. The molecule has 0 amide bonds. The number of phosphoric acid groups is 1. The van der Waals surface area contributed by atoms with Crippen molar-refractivity contribution in [3.63, 3.8) is 0 Å². The number of rotatable bonds is 38. The zero-order valence-electron chi connectivity index (χ0n) is 35.7. The first-order valence-electron chi connectivity index (χ1n) is 21.8. The molecule has 4 atom stereocenters. The molecule has 0 radical (unpaired) electrons. The van der Waals surface area contributed by atoms with Gasteiger partial charge < -0.3 is 24.8 Å². The largest absolute Gasteiger partial charge is 0.472 e. The Balaban J connectivity index is 2.27. The van der Waals surface area contributed by atoms with Crippen LogP contribution in [0.15, 0.2) is 97.2 Å². The van der Waals surface area contributed by atoms with Crippen LogP contribution in [0.1, 0.15) is 142 Å². The van der Waals surface area contributed by atoms with Crippen molar-refractivity contribution in [2.75, 3.05) is 26.4 Å². The third kappa shape index (κ3) is 34.9. The lowest BCUT2D eigenvalue weighted by Gasteiger charge is -2.19. The number of phosphoric ester groups is 1. The van der Waals surface area contributed by atoms with Crippen LogP contribution in [0.25, 0.3) is 0 Å². The number of nitrogens with two attached hydrogens (primary N) is 1. The van der Waals surface area contributed by atoms with E-state index in [9.17, 15) is 19.0 Å². The molecule has 0 saturated carbocycles. The van der Waals surface area contributed by atoms with Crippen molar-refractivity contribution in [1.82, 2.24) is 0 Å². The zero-order chi connectivity index (χ0) is 42.2. The fourth-order valence-corrected chi connectivity index (χ4v) is 6.33. The molecule has 10 nitrogen and oxygen atoms in total. The van der Waals surface area contributed by atoms with E-state index in [-0.39, 0.29) is 44.8 Å². The maximum Gasteiger partial charge on any atom is 0.472 e. The molecule has 1 fully saturated rings. The summed E-state index contributed by atoms with van der Waals surface area (Å²) in [5.41, 5.74) is 5.35. The summed E-state index contributed by atoms with van der Waals surface area (Å²) >= 11 is 0. The first-order chi connectivity index (χ1) is 28.3. The molecule has 0 aromatic carbocycles. The van der Waals surface area contributed by atoms with Crippen molar-refractivity contribution in [2.45, 2.75) is 161 Å². The van der Waals surface area contributed by atoms with Crippen LogP contribution in [-0.4, -0.2) is 61.5 Å². The Labute approximate surface area is 351 Å². The lowest BCUT2D eigenvalue weighted by Crippen LogP contribution is -2.29. The van der Waals surface area contributed by atoms with Gasteiger partial charge in [-0.1, -0.05) is 130 Å². The third-order valence-corrected chi connectivity index (χ3v) is 9.86. The molecule has 1 saturated heterocycles. The average Bonchev–Trinajstić information content (AvgIpc) is 3.97. The molecule has 3 N–H and O–H groups in total. The number of hydrogen-bond donors (Lipinski definition) is 2. The maximum absolute atomic E-state index is 12.6. The van der Waals surface area contributed by atoms with Gasteiger partial charge in [0.1, 0.15) is 6.61 Å². The highest BCUT2D eigenvalue weighted by Crippen LogP contribution is 2.43. The van der Waals surface area contributed by atoms with Gasteiger partial charge >= 0.3 is 19.8 Å². The Bertz CT molecular complexity index is 1330. The fraction of sp³-hybridized carbons (Fsp3) is 0.617. The summed E-state index contributed by atoms with van der Waals surface area (Å²) < 4.78 is 38.5. The van der Waals surface area contributed by atoms with Gasteiger partial charge in [-0.3, -0.25) is 18.6 Å². The lowest BCUT2D eigenvalue weighted by atomic mass is 10.1. The molecule has 0 bridgehead atoms. The normalized spacial score (nSPS) is 17.7. The van der Waals surface area contributed by atoms with Crippen molar-refractivity contribution in [3.05, 3.63) is 97.2 Å². The Morgan fingerprint density at radius 3 is 1.74 bits per heavy atom. The van der Waals surface area contributed by atoms with E-state index in [1.807, 2.05) is 0 Å². The number of allylic oxidation sites excluding steroid dienone is 15. The highest BCUT2D eigenvalue weighted by atomic mass is 31.2. The fourth-order valence-electron chi connectivity index (χ4n) is 5.57. The second kappa shape index (κ2) is 38.1. The quantitative estimate of drug-likeness (QED) is 0.0203. The Morgan fingerprint density at radius 1 is 0.638 bits per heavy atom. The molecule has 0 aromatic rings. The van der Waals surface area contributed by atoms with E-state index < -0.39 is 32.5 Å². The summed E-state index contributed by atoms with van der Waals surface area (Å²) in [6.07, 6.45) is 51.7. The Morgan fingerprint density at radius 2 is 1.17 bits per heavy atom.